The second-order valence-electron chi connectivity index (χ2n) is 7.46. The highest BCUT2D eigenvalue weighted by Gasteiger charge is 2.51. The normalized spacial score (nSPS) is 21.9. The number of quaternary nitrogens is 1. The lowest BCUT2D eigenvalue weighted by Crippen LogP contribution is -3.15. The van der Waals surface area contributed by atoms with Crippen LogP contribution in [0.4, 0.5) is 5.69 Å². The number of Topliss-reactive ketones (excluding diaryl/α,β-unsaturated/α-hetero) is 1. The van der Waals surface area contributed by atoms with Gasteiger partial charge in [0.2, 0.25) is 0 Å². The quantitative estimate of drug-likeness (QED) is 0.689. The lowest BCUT2D eigenvalue weighted by atomic mass is 9.88. The van der Waals surface area contributed by atoms with Gasteiger partial charge in [-0.05, 0) is 30.3 Å². The Kier molecular flexibility index (Phi) is 5.36. The molecule has 152 valence electrons. The summed E-state index contributed by atoms with van der Waals surface area (Å²) in [4.78, 5) is 29.0. The molecule has 0 bridgehead atoms. The topological polar surface area (TPSA) is 80.5 Å². The van der Waals surface area contributed by atoms with Crippen LogP contribution < -0.4 is 14.5 Å². The van der Waals surface area contributed by atoms with E-state index >= 15 is 0 Å². The van der Waals surface area contributed by atoms with Crippen molar-refractivity contribution in [1.82, 2.24) is 0 Å². The summed E-state index contributed by atoms with van der Waals surface area (Å²) in [6.45, 7) is 3.35. The number of anilines is 1. The van der Waals surface area contributed by atoms with E-state index < -0.39 is 11.5 Å². The molecule has 2 aliphatic heterocycles. The Morgan fingerprint density at radius 3 is 2.55 bits per heavy atom. The van der Waals surface area contributed by atoms with Crippen molar-refractivity contribution in [2.24, 2.45) is 0 Å². The van der Waals surface area contributed by atoms with Gasteiger partial charge in [0, 0.05) is 11.1 Å². The van der Waals surface area contributed by atoms with E-state index in [9.17, 15) is 14.7 Å². The number of hydrogen-bond donors (Lipinski definition) is 2. The number of amides is 1. The van der Waals surface area contributed by atoms with E-state index in [1.165, 1.54) is 4.90 Å². The molecule has 0 aliphatic carbocycles. The number of methoxy groups -OCH3 is 1. The van der Waals surface area contributed by atoms with Crippen molar-refractivity contribution in [3.8, 4) is 5.75 Å². The summed E-state index contributed by atoms with van der Waals surface area (Å²) in [5.74, 6) is -0.0966. The average molecular weight is 397 g/mol. The summed E-state index contributed by atoms with van der Waals surface area (Å²) in [6.07, 6.45) is -0.301. The maximum absolute atomic E-state index is 13.3. The van der Waals surface area contributed by atoms with Gasteiger partial charge < -0.3 is 19.5 Å². The Bertz CT molecular complexity index is 908. The van der Waals surface area contributed by atoms with Crippen molar-refractivity contribution in [2.75, 3.05) is 45.0 Å². The minimum absolute atomic E-state index is 0.293. The molecule has 2 aromatic rings. The summed E-state index contributed by atoms with van der Waals surface area (Å²) < 4.78 is 10.5. The molecular formula is C22H25N2O5+. The van der Waals surface area contributed by atoms with E-state index in [4.69, 9.17) is 9.47 Å². The molecule has 0 radical (unpaired) electrons. The third-order valence-electron chi connectivity index (χ3n) is 5.65. The van der Waals surface area contributed by atoms with Crippen molar-refractivity contribution in [3.05, 3.63) is 59.7 Å². The summed E-state index contributed by atoms with van der Waals surface area (Å²) >= 11 is 0. The minimum atomic E-state index is -1.86. The lowest BCUT2D eigenvalue weighted by Gasteiger charge is -2.29. The van der Waals surface area contributed by atoms with Crippen LogP contribution >= 0.6 is 0 Å². The Balaban J connectivity index is 1.59. The molecule has 1 amide bonds. The zero-order chi connectivity index (χ0) is 20.4. The number of carbonyl (C=O) groups is 2. The number of nitrogens with zero attached hydrogens (tertiary/aromatic N) is 1. The van der Waals surface area contributed by atoms with E-state index in [0.717, 1.165) is 13.1 Å². The molecule has 1 saturated heterocycles. The predicted molar refractivity (Wildman–Crippen MR) is 106 cm³/mol. The van der Waals surface area contributed by atoms with E-state index in [-0.39, 0.29) is 12.2 Å². The Labute approximate surface area is 169 Å². The highest BCUT2D eigenvalue weighted by Crippen LogP contribution is 2.42. The van der Waals surface area contributed by atoms with Gasteiger partial charge in [-0.15, -0.1) is 0 Å². The molecule has 1 fully saturated rings. The first-order valence-electron chi connectivity index (χ1n) is 9.75. The average Bonchev–Trinajstić information content (AvgIpc) is 2.96. The summed E-state index contributed by atoms with van der Waals surface area (Å²) in [5.41, 5.74) is -0.276. The molecule has 7 heteroatoms. The second kappa shape index (κ2) is 7.94. The number of ketones is 1. The van der Waals surface area contributed by atoms with Crippen LogP contribution in [0.3, 0.4) is 0 Å². The van der Waals surface area contributed by atoms with Gasteiger partial charge in [-0.2, -0.15) is 0 Å². The Hall–Kier alpha value is -2.74. The maximum Gasteiger partial charge on any atom is 0.268 e. The maximum atomic E-state index is 13.3. The molecular weight excluding hydrogens is 372 g/mol. The molecule has 1 atom stereocenters. The Morgan fingerprint density at radius 1 is 1.17 bits per heavy atom. The van der Waals surface area contributed by atoms with Crippen LogP contribution in [0.2, 0.25) is 0 Å². The van der Waals surface area contributed by atoms with Gasteiger partial charge in [-0.1, -0.05) is 18.2 Å². The molecule has 0 spiro atoms. The van der Waals surface area contributed by atoms with Crippen LogP contribution in [0, 0.1) is 0 Å². The number of rotatable bonds is 6. The molecule has 0 aromatic heterocycles. The third-order valence-corrected chi connectivity index (χ3v) is 5.65. The number of morpholine rings is 1. The number of para-hydroxylation sites is 1. The molecule has 2 aromatic carbocycles. The van der Waals surface area contributed by atoms with Gasteiger partial charge in [0.15, 0.2) is 18.1 Å². The number of aliphatic hydroxyl groups is 1. The first-order valence-corrected chi connectivity index (χ1v) is 9.75. The standard InChI is InChI=1S/C22H24N2O5/c1-28-17-8-6-16(7-9-17)20(25)14-22(27)18-4-2-3-5-19(18)24(21(22)26)15-23-10-12-29-13-11-23/h2-9,27H,10-15H2,1H3/p+1/t22-/m1/s1. The zero-order valence-corrected chi connectivity index (χ0v) is 16.4. The van der Waals surface area contributed by atoms with Gasteiger partial charge >= 0.3 is 0 Å². The molecule has 7 nitrogen and oxygen atoms in total. The largest absolute Gasteiger partial charge is 0.497 e. The van der Waals surface area contributed by atoms with Crippen LogP contribution in [0.25, 0.3) is 0 Å². The number of hydrogen-bond acceptors (Lipinski definition) is 5. The van der Waals surface area contributed by atoms with Crippen LogP contribution in [0.1, 0.15) is 22.3 Å². The van der Waals surface area contributed by atoms with Crippen molar-refractivity contribution in [2.45, 2.75) is 12.0 Å². The summed E-state index contributed by atoms with van der Waals surface area (Å²) in [6, 6.07) is 13.8. The van der Waals surface area contributed by atoms with E-state index in [2.05, 4.69) is 0 Å². The molecule has 2 heterocycles. The fraction of sp³-hybridized carbons (Fsp3) is 0.364. The molecule has 4 rings (SSSR count). The smallest absolute Gasteiger partial charge is 0.268 e. The summed E-state index contributed by atoms with van der Waals surface area (Å²) in [7, 11) is 1.55. The van der Waals surface area contributed by atoms with Crippen LogP contribution in [0.5, 0.6) is 5.75 Å². The first-order chi connectivity index (χ1) is 14.0. The van der Waals surface area contributed by atoms with E-state index in [1.54, 1.807) is 48.4 Å². The molecule has 2 N–H and O–H groups in total. The molecule has 29 heavy (non-hydrogen) atoms. The lowest BCUT2D eigenvalue weighted by molar-refractivity contribution is -0.906. The highest BCUT2D eigenvalue weighted by atomic mass is 16.5. The van der Waals surface area contributed by atoms with Crippen molar-refractivity contribution in [1.29, 1.82) is 0 Å². The second-order valence-corrected chi connectivity index (χ2v) is 7.46. The van der Waals surface area contributed by atoms with Gasteiger partial charge in [-0.25, -0.2) is 0 Å². The van der Waals surface area contributed by atoms with Crippen LogP contribution in [-0.2, 0) is 15.1 Å². The zero-order valence-electron chi connectivity index (χ0n) is 16.4. The van der Waals surface area contributed by atoms with E-state index in [1.807, 2.05) is 12.1 Å². The van der Waals surface area contributed by atoms with Crippen molar-refractivity contribution >= 4 is 17.4 Å². The summed E-state index contributed by atoms with van der Waals surface area (Å²) in [5, 5.41) is 11.4. The predicted octanol–water partition coefficient (Wildman–Crippen LogP) is 0.375. The van der Waals surface area contributed by atoms with Gasteiger partial charge in [0.05, 0.1) is 32.4 Å². The fourth-order valence-corrected chi connectivity index (χ4v) is 3.99. The SMILES string of the molecule is COc1ccc(C(=O)C[C@]2(O)C(=O)N(C[NH+]3CCOCC3)c3ccccc32)cc1. The number of nitrogens with one attached hydrogen (secondary N) is 1. The minimum Gasteiger partial charge on any atom is -0.497 e. The van der Waals surface area contributed by atoms with Crippen LogP contribution in [-0.4, -0.2) is 56.9 Å². The monoisotopic (exact) mass is 397 g/mol. The number of ether oxygens (including phenoxy) is 2. The number of benzene rings is 2. The molecule has 2 aliphatic rings. The highest BCUT2D eigenvalue weighted by molar-refractivity contribution is 6.10. The fourth-order valence-electron chi connectivity index (χ4n) is 3.99. The van der Waals surface area contributed by atoms with E-state index in [0.29, 0.717) is 42.4 Å². The van der Waals surface area contributed by atoms with Crippen LogP contribution in [0.15, 0.2) is 48.5 Å². The third kappa shape index (κ3) is 3.64. The van der Waals surface area contributed by atoms with Gasteiger partial charge in [0.1, 0.15) is 18.8 Å². The molecule has 0 unspecified atom stereocenters. The van der Waals surface area contributed by atoms with Gasteiger partial charge in [-0.3, -0.25) is 14.5 Å². The van der Waals surface area contributed by atoms with Crippen molar-refractivity contribution in [3.63, 3.8) is 0 Å². The van der Waals surface area contributed by atoms with Gasteiger partial charge in [0.25, 0.3) is 5.91 Å². The molecule has 0 saturated carbocycles. The first kappa shape index (κ1) is 19.6. The number of fused-ring (bicyclic) bond motifs is 1. The van der Waals surface area contributed by atoms with Crippen molar-refractivity contribution < 1.29 is 29.1 Å². The number of carbonyl (C=O) groups excluding carboxylic acids is 2. The Morgan fingerprint density at radius 2 is 1.86 bits per heavy atom.